The molecule has 0 saturated heterocycles. The summed E-state index contributed by atoms with van der Waals surface area (Å²) in [5.41, 5.74) is 6.12. The van der Waals surface area contributed by atoms with Crippen LogP contribution in [-0.4, -0.2) is 21.6 Å². The second kappa shape index (κ2) is 8.03. The fraction of sp³-hybridized carbons (Fsp3) is 0.0556. The molecule has 1 aromatic heterocycles. The van der Waals surface area contributed by atoms with E-state index in [1.54, 1.807) is 41.2 Å². The number of carbonyl (C=O) groups is 2. The van der Waals surface area contributed by atoms with E-state index in [1.165, 1.54) is 6.20 Å². The van der Waals surface area contributed by atoms with Crippen LogP contribution < -0.4 is 10.9 Å². The summed E-state index contributed by atoms with van der Waals surface area (Å²) < 4.78 is 1.59. The van der Waals surface area contributed by atoms with E-state index in [-0.39, 0.29) is 5.56 Å². The van der Waals surface area contributed by atoms with Gasteiger partial charge in [-0.15, -0.1) is 0 Å². The summed E-state index contributed by atoms with van der Waals surface area (Å²) in [6.07, 6.45) is 2.98. The van der Waals surface area contributed by atoms with Gasteiger partial charge in [0.15, 0.2) is 0 Å². The Balaban J connectivity index is 1.61. The van der Waals surface area contributed by atoms with Crippen LogP contribution >= 0.6 is 23.2 Å². The van der Waals surface area contributed by atoms with E-state index < -0.39 is 11.8 Å². The molecule has 0 aliphatic heterocycles. The molecule has 0 aliphatic carbocycles. The van der Waals surface area contributed by atoms with E-state index in [9.17, 15) is 9.59 Å². The predicted octanol–water partition coefficient (Wildman–Crippen LogP) is 3.31. The molecule has 1 heterocycles. The van der Waals surface area contributed by atoms with Crippen molar-refractivity contribution in [1.29, 1.82) is 0 Å². The second-order valence-corrected chi connectivity index (χ2v) is 6.22. The second-order valence-electron chi connectivity index (χ2n) is 5.41. The lowest BCUT2D eigenvalue weighted by Crippen LogP contribution is -2.41. The van der Waals surface area contributed by atoms with Crippen LogP contribution in [0.25, 0.3) is 0 Å². The largest absolute Gasteiger partial charge is 0.272 e. The van der Waals surface area contributed by atoms with E-state index in [4.69, 9.17) is 23.2 Å². The minimum atomic E-state index is -0.507. The number of hydrogen-bond donors (Lipinski definition) is 2. The average molecular weight is 389 g/mol. The molecule has 8 heteroatoms. The maximum Gasteiger partial charge on any atom is 0.272 e. The number of hydrazine groups is 1. The minimum Gasteiger partial charge on any atom is -0.267 e. The van der Waals surface area contributed by atoms with Crippen molar-refractivity contribution in [3.63, 3.8) is 0 Å². The Kier molecular flexibility index (Phi) is 5.55. The summed E-state index contributed by atoms with van der Waals surface area (Å²) in [6.45, 7) is 0.429. The number of hydrogen-bond acceptors (Lipinski definition) is 3. The minimum absolute atomic E-state index is 0.267. The van der Waals surface area contributed by atoms with Gasteiger partial charge in [-0.05, 0) is 23.8 Å². The Labute approximate surface area is 159 Å². The van der Waals surface area contributed by atoms with Crippen LogP contribution in [0.1, 0.15) is 26.3 Å². The number of halogens is 2. The molecule has 3 rings (SSSR count). The number of rotatable bonds is 4. The Morgan fingerprint density at radius 3 is 2.31 bits per heavy atom. The number of amides is 2. The molecule has 26 heavy (non-hydrogen) atoms. The molecule has 3 aromatic rings. The number of nitrogens with zero attached hydrogens (tertiary/aromatic N) is 2. The van der Waals surface area contributed by atoms with Crippen molar-refractivity contribution in [2.45, 2.75) is 6.54 Å². The van der Waals surface area contributed by atoms with Crippen molar-refractivity contribution in [1.82, 2.24) is 20.6 Å². The lowest BCUT2D eigenvalue weighted by molar-refractivity contribution is 0.0846. The van der Waals surface area contributed by atoms with Crippen molar-refractivity contribution in [3.8, 4) is 0 Å². The molecular weight excluding hydrogens is 375 g/mol. The summed E-state index contributed by atoms with van der Waals surface area (Å²) >= 11 is 12.1. The smallest absolute Gasteiger partial charge is 0.267 e. The van der Waals surface area contributed by atoms with Crippen LogP contribution in [0, 0.1) is 0 Å². The van der Waals surface area contributed by atoms with Gasteiger partial charge in [0.1, 0.15) is 0 Å². The van der Waals surface area contributed by atoms with Crippen LogP contribution in [0.3, 0.4) is 0 Å². The van der Waals surface area contributed by atoms with Crippen molar-refractivity contribution in [2.75, 3.05) is 0 Å². The number of benzene rings is 2. The third kappa shape index (κ3) is 4.22. The Bertz CT molecular complexity index is 956. The van der Waals surface area contributed by atoms with Crippen molar-refractivity contribution >= 4 is 35.0 Å². The van der Waals surface area contributed by atoms with Gasteiger partial charge in [-0.2, -0.15) is 5.10 Å². The summed E-state index contributed by atoms with van der Waals surface area (Å²) in [5.74, 6) is -0.997. The average Bonchev–Trinajstić information content (AvgIpc) is 3.10. The molecule has 0 fully saturated rings. The highest BCUT2D eigenvalue weighted by molar-refractivity contribution is 6.33. The quantitative estimate of drug-likeness (QED) is 0.673. The maximum atomic E-state index is 12.2. The van der Waals surface area contributed by atoms with Gasteiger partial charge in [0, 0.05) is 11.2 Å². The van der Waals surface area contributed by atoms with Gasteiger partial charge in [0.25, 0.3) is 11.8 Å². The highest BCUT2D eigenvalue weighted by Crippen LogP contribution is 2.16. The summed E-state index contributed by atoms with van der Waals surface area (Å²) in [5, 5.41) is 5.06. The first-order valence-corrected chi connectivity index (χ1v) is 8.41. The molecule has 6 nitrogen and oxygen atoms in total. The molecule has 0 radical (unpaired) electrons. The Morgan fingerprint density at radius 2 is 1.58 bits per heavy atom. The highest BCUT2D eigenvalue weighted by atomic mass is 35.5. The monoisotopic (exact) mass is 388 g/mol. The van der Waals surface area contributed by atoms with Crippen LogP contribution in [0.2, 0.25) is 10.0 Å². The van der Waals surface area contributed by atoms with Gasteiger partial charge in [0.05, 0.1) is 28.9 Å². The van der Waals surface area contributed by atoms with E-state index in [0.29, 0.717) is 22.2 Å². The summed E-state index contributed by atoms with van der Waals surface area (Å²) in [6, 6.07) is 13.9. The highest BCUT2D eigenvalue weighted by Gasteiger charge is 2.13. The van der Waals surface area contributed by atoms with Crippen molar-refractivity contribution in [2.24, 2.45) is 0 Å². The molecule has 2 N–H and O–H groups in total. The van der Waals surface area contributed by atoms with Gasteiger partial charge in [-0.3, -0.25) is 25.1 Å². The Morgan fingerprint density at radius 1 is 0.923 bits per heavy atom. The number of aromatic nitrogens is 2. The lowest BCUT2D eigenvalue weighted by atomic mass is 10.2. The third-order valence-electron chi connectivity index (χ3n) is 3.59. The molecule has 2 amide bonds. The van der Waals surface area contributed by atoms with Gasteiger partial charge < -0.3 is 0 Å². The van der Waals surface area contributed by atoms with E-state index in [0.717, 1.165) is 5.56 Å². The first-order chi connectivity index (χ1) is 12.5. The first-order valence-electron chi connectivity index (χ1n) is 7.65. The van der Waals surface area contributed by atoms with Crippen LogP contribution in [0.4, 0.5) is 0 Å². The maximum absolute atomic E-state index is 12.2. The zero-order chi connectivity index (χ0) is 18.5. The molecule has 0 unspecified atom stereocenters. The van der Waals surface area contributed by atoms with Gasteiger partial charge in [-0.1, -0.05) is 53.5 Å². The molecule has 0 spiro atoms. The third-order valence-corrected chi connectivity index (χ3v) is 4.29. The van der Waals surface area contributed by atoms with E-state index in [2.05, 4.69) is 16.0 Å². The lowest BCUT2D eigenvalue weighted by Gasteiger charge is -2.07. The van der Waals surface area contributed by atoms with E-state index in [1.807, 2.05) is 18.2 Å². The fourth-order valence-corrected chi connectivity index (χ4v) is 2.68. The topological polar surface area (TPSA) is 76.0 Å². The van der Waals surface area contributed by atoms with Crippen molar-refractivity contribution in [3.05, 3.63) is 87.7 Å². The molecular formula is C18H14Cl2N4O2. The van der Waals surface area contributed by atoms with Crippen molar-refractivity contribution < 1.29 is 9.59 Å². The molecule has 0 saturated carbocycles. The molecule has 0 bridgehead atoms. The predicted molar refractivity (Wildman–Crippen MR) is 99.2 cm³/mol. The van der Waals surface area contributed by atoms with Gasteiger partial charge in [-0.25, -0.2) is 0 Å². The molecule has 0 atom stereocenters. The molecule has 0 aliphatic rings. The van der Waals surface area contributed by atoms with Crippen LogP contribution in [0.15, 0.2) is 60.9 Å². The number of nitrogens with one attached hydrogen (secondary N) is 2. The first kappa shape index (κ1) is 18.0. The molecule has 132 valence electrons. The Hall–Kier alpha value is -2.83. The number of carbonyl (C=O) groups excluding carboxylic acids is 2. The zero-order valence-corrected chi connectivity index (χ0v) is 15.0. The standard InChI is InChI=1S/C18H14Cl2N4O2/c19-15-7-3-1-5-12(15)10-24-11-13(9-21-24)17(25)22-23-18(26)14-6-2-4-8-16(14)20/h1-9,11H,10H2,(H,22,25)(H,23,26). The molecule has 2 aromatic carbocycles. The summed E-state index contributed by atoms with van der Waals surface area (Å²) in [4.78, 5) is 24.2. The normalized spacial score (nSPS) is 10.4. The zero-order valence-electron chi connectivity index (χ0n) is 13.4. The van der Waals surface area contributed by atoms with Crippen LogP contribution in [0.5, 0.6) is 0 Å². The van der Waals surface area contributed by atoms with Crippen LogP contribution in [-0.2, 0) is 6.54 Å². The summed E-state index contributed by atoms with van der Waals surface area (Å²) in [7, 11) is 0. The SMILES string of the molecule is O=C(NNC(=O)c1ccccc1Cl)c1cnn(Cc2ccccc2Cl)c1. The van der Waals surface area contributed by atoms with E-state index >= 15 is 0 Å². The fourth-order valence-electron chi connectivity index (χ4n) is 2.27. The van der Waals surface area contributed by atoms with Gasteiger partial charge in [0.2, 0.25) is 0 Å². The van der Waals surface area contributed by atoms with Gasteiger partial charge >= 0.3 is 0 Å².